The first-order chi connectivity index (χ1) is 10.8. The Morgan fingerprint density at radius 2 is 1.74 bits per heavy atom. The van der Waals surface area contributed by atoms with Gasteiger partial charge in [0.05, 0.1) is 26.7 Å². The van der Waals surface area contributed by atoms with Gasteiger partial charge in [0.1, 0.15) is 6.04 Å². The molecule has 9 heteroatoms. The predicted octanol–water partition coefficient (Wildman–Crippen LogP) is -0.809. The lowest BCUT2D eigenvalue weighted by Crippen LogP contribution is -2.51. The lowest BCUT2D eigenvalue weighted by atomic mass is 9.87. The summed E-state index contributed by atoms with van der Waals surface area (Å²) in [4.78, 5) is 47.1. The maximum absolute atomic E-state index is 12.1. The molecule has 3 atom stereocenters. The zero-order valence-corrected chi connectivity index (χ0v) is 13.2. The molecule has 1 fully saturated rings. The summed E-state index contributed by atoms with van der Waals surface area (Å²) in [5.74, 6) is -6.65. The van der Waals surface area contributed by atoms with E-state index in [-0.39, 0.29) is 6.61 Å². The smallest absolute Gasteiger partial charge is 0.326 e. The van der Waals surface area contributed by atoms with Crippen LogP contribution < -0.4 is 5.32 Å². The van der Waals surface area contributed by atoms with Crippen LogP contribution in [0.5, 0.6) is 0 Å². The van der Waals surface area contributed by atoms with Gasteiger partial charge < -0.3 is 24.6 Å². The minimum absolute atomic E-state index is 0.212. The number of amides is 1. The molecule has 0 unspecified atom stereocenters. The summed E-state index contributed by atoms with van der Waals surface area (Å²) in [6.45, 7) is 2.00. The van der Waals surface area contributed by atoms with Gasteiger partial charge in [-0.1, -0.05) is 6.92 Å². The molecule has 0 aromatic heterocycles. The van der Waals surface area contributed by atoms with E-state index < -0.39 is 47.6 Å². The summed E-state index contributed by atoms with van der Waals surface area (Å²) in [5, 5.41) is 11.7. The number of nitrogens with one attached hydrogen (secondary N) is 1. The zero-order valence-electron chi connectivity index (χ0n) is 13.2. The number of aliphatic carboxylic acids is 1. The van der Waals surface area contributed by atoms with Crippen LogP contribution in [0.2, 0.25) is 0 Å². The minimum Gasteiger partial charge on any atom is -0.480 e. The van der Waals surface area contributed by atoms with Gasteiger partial charge in [-0.25, -0.2) is 4.79 Å². The normalized spacial score (nSPS) is 19.7. The van der Waals surface area contributed by atoms with E-state index in [1.54, 1.807) is 0 Å². The summed E-state index contributed by atoms with van der Waals surface area (Å²) < 4.78 is 14.1. The molecule has 0 aromatic carbocycles. The Labute approximate surface area is 133 Å². The SMILES string of the molecule is COC(=O)C(C(=O)OC)[C@@H](C)[C@H](NC(=O)[C@@H]1CCOC1)C(=O)O. The Bertz CT molecular complexity index is 455. The predicted molar refractivity (Wildman–Crippen MR) is 75.2 cm³/mol. The molecule has 23 heavy (non-hydrogen) atoms. The van der Waals surface area contributed by atoms with Gasteiger partial charge in [0.25, 0.3) is 0 Å². The fourth-order valence-corrected chi connectivity index (χ4v) is 2.40. The number of hydrogen-bond acceptors (Lipinski definition) is 7. The van der Waals surface area contributed by atoms with E-state index in [0.29, 0.717) is 13.0 Å². The Kier molecular flexibility index (Phi) is 6.95. The topological polar surface area (TPSA) is 128 Å². The largest absolute Gasteiger partial charge is 0.480 e. The van der Waals surface area contributed by atoms with Gasteiger partial charge in [-0.05, 0) is 6.42 Å². The molecular formula is C14H21NO8. The summed E-state index contributed by atoms with van der Waals surface area (Å²) in [7, 11) is 2.16. The van der Waals surface area contributed by atoms with E-state index in [0.717, 1.165) is 14.2 Å². The van der Waals surface area contributed by atoms with Gasteiger partial charge >= 0.3 is 17.9 Å². The van der Waals surface area contributed by atoms with Crippen molar-refractivity contribution in [2.75, 3.05) is 27.4 Å². The molecule has 0 aromatic rings. The van der Waals surface area contributed by atoms with Crippen LogP contribution in [-0.4, -0.2) is 62.4 Å². The second kappa shape index (κ2) is 8.47. The van der Waals surface area contributed by atoms with Gasteiger partial charge in [-0.3, -0.25) is 14.4 Å². The van der Waals surface area contributed by atoms with E-state index >= 15 is 0 Å². The third-order valence-corrected chi connectivity index (χ3v) is 3.83. The number of rotatable bonds is 7. The molecule has 0 radical (unpaired) electrons. The monoisotopic (exact) mass is 331 g/mol. The Balaban J connectivity index is 2.92. The van der Waals surface area contributed by atoms with Crippen molar-refractivity contribution in [3.05, 3.63) is 0 Å². The number of hydrogen-bond donors (Lipinski definition) is 2. The van der Waals surface area contributed by atoms with Crippen LogP contribution >= 0.6 is 0 Å². The standard InChI is InChI=1S/C14H21NO8/c1-7(9(13(19)21-2)14(20)22-3)10(12(17)18)15-11(16)8-4-5-23-6-8/h7-10H,4-6H2,1-3H3,(H,15,16)(H,17,18)/t7-,8-,10+/m1/s1. The number of ether oxygens (including phenoxy) is 3. The molecule has 0 spiro atoms. The van der Waals surface area contributed by atoms with Crippen molar-refractivity contribution in [1.82, 2.24) is 5.32 Å². The number of carbonyl (C=O) groups is 4. The van der Waals surface area contributed by atoms with E-state index in [2.05, 4.69) is 14.8 Å². The highest BCUT2D eigenvalue weighted by atomic mass is 16.5. The fraction of sp³-hybridized carbons (Fsp3) is 0.714. The first-order valence-electron chi connectivity index (χ1n) is 7.10. The first-order valence-corrected chi connectivity index (χ1v) is 7.10. The molecule has 1 aliphatic rings. The fourth-order valence-electron chi connectivity index (χ4n) is 2.40. The number of methoxy groups -OCH3 is 2. The molecule has 1 amide bonds. The van der Waals surface area contributed by atoms with Crippen LogP contribution in [0.3, 0.4) is 0 Å². The van der Waals surface area contributed by atoms with Gasteiger partial charge in [0.2, 0.25) is 5.91 Å². The zero-order chi connectivity index (χ0) is 17.6. The lowest BCUT2D eigenvalue weighted by Gasteiger charge is -2.26. The maximum atomic E-state index is 12.1. The molecule has 1 aliphatic heterocycles. The molecule has 9 nitrogen and oxygen atoms in total. The van der Waals surface area contributed by atoms with Gasteiger partial charge in [-0.15, -0.1) is 0 Å². The van der Waals surface area contributed by atoms with Gasteiger partial charge in [0, 0.05) is 12.5 Å². The van der Waals surface area contributed by atoms with Crippen molar-refractivity contribution in [2.24, 2.45) is 17.8 Å². The first kappa shape index (κ1) is 18.9. The highest BCUT2D eigenvalue weighted by molar-refractivity contribution is 5.96. The average molecular weight is 331 g/mol. The van der Waals surface area contributed by atoms with E-state index in [4.69, 9.17) is 4.74 Å². The van der Waals surface area contributed by atoms with Crippen LogP contribution in [0.25, 0.3) is 0 Å². The second-order valence-corrected chi connectivity index (χ2v) is 5.27. The molecule has 2 N–H and O–H groups in total. The number of carbonyl (C=O) groups excluding carboxylic acids is 3. The van der Waals surface area contributed by atoms with Crippen molar-refractivity contribution in [1.29, 1.82) is 0 Å². The molecule has 0 saturated carbocycles. The van der Waals surface area contributed by atoms with Crippen molar-refractivity contribution in [3.8, 4) is 0 Å². The molecule has 0 aliphatic carbocycles. The summed E-state index contributed by atoms with van der Waals surface area (Å²) in [6, 6.07) is -1.44. The van der Waals surface area contributed by atoms with Gasteiger partial charge in [-0.2, -0.15) is 0 Å². The van der Waals surface area contributed by atoms with Gasteiger partial charge in [0.15, 0.2) is 5.92 Å². The van der Waals surface area contributed by atoms with Crippen LogP contribution in [0.4, 0.5) is 0 Å². The van der Waals surface area contributed by atoms with E-state index in [1.165, 1.54) is 6.92 Å². The minimum atomic E-state index is -1.45. The molecule has 1 heterocycles. The molecular weight excluding hydrogens is 310 g/mol. The summed E-state index contributed by atoms with van der Waals surface area (Å²) in [5.41, 5.74) is 0. The van der Waals surface area contributed by atoms with Crippen LogP contribution in [0.15, 0.2) is 0 Å². The van der Waals surface area contributed by atoms with Crippen LogP contribution in [-0.2, 0) is 33.4 Å². The molecule has 1 saturated heterocycles. The summed E-state index contributed by atoms with van der Waals surface area (Å²) >= 11 is 0. The number of carboxylic acids is 1. The highest BCUT2D eigenvalue weighted by Gasteiger charge is 2.42. The van der Waals surface area contributed by atoms with Crippen molar-refractivity contribution in [3.63, 3.8) is 0 Å². The summed E-state index contributed by atoms with van der Waals surface area (Å²) in [6.07, 6.45) is 0.490. The highest BCUT2D eigenvalue weighted by Crippen LogP contribution is 2.21. The number of carboxylic acid groups (broad SMARTS) is 1. The lowest BCUT2D eigenvalue weighted by molar-refractivity contribution is -0.163. The van der Waals surface area contributed by atoms with E-state index in [1.807, 2.05) is 0 Å². The molecule has 1 rings (SSSR count). The quantitative estimate of drug-likeness (QED) is 0.458. The third-order valence-electron chi connectivity index (χ3n) is 3.83. The van der Waals surface area contributed by atoms with Crippen molar-refractivity contribution in [2.45, 2.75) is 19.4 Å². The van der Waals surface area contributed by atoms with Crippen LogP contribution in [0.1, 0.15) is 13.3 Å². The average Bonchev–Trinajstić information content (AvgIpc) is 3.05. The maximum Gasteiger partial charge on any atom is 0.326 e. The molecule has 0 bridgehead atoms. The third kappa shape index (κ3) is 4.65. The Morgan fingerprint density at radius 3 is 2.13 bits per heavy atom. The molecule has 130 valence electrons. The Hall–Kier alpha value is -2.16. The van der Waals surface area contributed by atoms with E-state index in [9.17, 15) is 24.3 Å². The van der Waals surface area contributed by atoms with Crippen molar-refractivity contribution >= 4 is 23.8 Å². The second-order valence-electron chi connectivity index (χ2n) is 5.27. The number of esters is 2. The van der Waals surface area contributed by atoms with Crippen LogP contribution in [0, 0.1) is 17.8 Å². The van der Waals surface area contributed by atoms with Crippen molar-refractivity contribution < 1.29 is 38.5 Å². The Morgan fingerprint density at radius 1 is 1.17 bits per heavy atom.